The van der Waals surface area contributed by atoms with Gasteiger partial charge < -0.3 is 5.32 Å². The molecule has 0 aliphatic heterocycles. The van der Waals surface area contributed by atoms with E-state index >= 15 is 0 Å². The Labute approximate surface area is 162 Å². The van der Waals surface area contributed by atoms with Crippen molar-refractivity contribution in [2.75, 3.05) is 10.6 Å². The second-order valence-electron chi connectivity index (χ2n) is 7.15. The van der Waals surface area contributed by atoms with E-state index in [1.54, 1.807) is 35.8 Å². The summed E-state index contributed by atoms with van der Waals surface area (Å²) in [7, 11) is 0. The summed E-state index contributed by atoms with van der Waals surface area (Å²) in [6, 6.07) is 14.3. The Morgan fingerprint density at radius 1 is 0.852 bits per heavy atom. The Balaban J connectivity index is 1.64. The smallest absolute Gasteiger partial charge is 0.257 e. The lowest BCUT2D eigenvalue weighted by atomic mass is 9.87. The number of nitrogens with zero attached hydrogens (tertiary/aromatic N) is 1. The number of aromatic nitrogens is 1. The quantitative estimate of drug-likeness (QED) is 0.674. The maximum atomic E-state index is 12.4. The first kappa shape index (κ1) is 18.8. The Bertz CT molecular complexity index is 925. The number of amides is 2. The molecule has 5 nitrogen and oxygen atoms in total. The van der Waals surface area contributed by atoms with Gasteiger partial charge in [0.05, 0.1) is 0 Å². The van der Waals surface area contributed by atoms with Gasteiger partial charge in [-0.25, -0.2) is 4.98 Å². The third-order valence-corrected chi connectivity index (χ3v) is 4.76. The van der Waals surface area contributed by atoms with Crippen LogP contribution in [0, 0.1) is 0 Å². The van der Waals surface area contributed by atoms with Gasteiger partial charge in [0, 0.05) is 28.4 Å². The highest BCUT2D eigenvalue weighted by Gasteiger charge is 2.14. The van der Waals surface area contributed by atoms with E-state index in [2.05, 4.69) is 36.4 Å². The Morgan fingerprint density at radius 2 is 1.41 bits per heavy atom. The largest absolute Gasteiger partial charge is 0.322 e. The van der Waals surface area contributed by atoms with Crippen LogP contribution in [-0.4, -0.2) is 16.8 Å². The van der Waals surface area contributed by atoms with Crippen LogP contribution in [0.15, 0.2) is 60.1 Å². The van der Waals surface area contributed by atoms with Crippen LogP contribution < -0.4 is 10.6 Å². The van der Waals surface area contributed by atoms with Crippen LogP contribution in [0.5, 0.6) is 0 Å². The van der Waals surface area contributed by atoms with Gasteiger partial charge in [-0.05, 0) is 47.4 Å². The first-order valence-corrected chi connectivity index (χ1v) is 9.44. The zero-order valence-electron chi connectivity index (χ0n) is 15.4. The van der Waals surface area contributed by atoms with Crippen LogP contribution in [0.1, 0.15) is 47.1 Å². The molecule has 0 radical (unpaired) electrons. The molecule has 0 saturated carbocycles. The van der Waals surface area contributed by atoms with Gasteiger partial charge in [-0.2, -0.15) is 0 Å². The second-order valence-corrected chi connectivity index (χ2v) is 8.04. The molecule has 2 aromatic carbocycles. The zero-order valence-corrected chi connectivity index (χ0v) is 16.3. The molecule has 3 aromatic rings. The summed E-state index contributed by atoms with van der Waals surface area (Å²) in [5.41, 5.74) is 2.94. The maximum absolute atomic E-state index is 12.4. The lowest BCUT2D eigenvalue weighted by Gasteiger charge is -2.19. The normalized spacial score (nSPS) is 11.1. The SMILES string of the molecule is CC(C)(C)c1ccc(C(=O)Nc2ccc(C(=O)Nc3nccs3)cc2)cc1. The molecule has 138 valence electrons. The number of carbonyl (C=O) groups is 2. The van der Waals surface area contributed by atoms with Gasteiger partial charge >= 0.3 is 0 Å². The van der Waals surface area contributed by atoms with Crippen LogP contribution in [0.25, 0.3) is 0 Å². The number of hydrogen-bond acceptors (Lipinski definition) is 4. The highest BCUT2D eigenvalue weighted by Crippen LogP contribution is 2.22. The van der Waals surface area contributed by atoms with Gasteiger partial charge in [-0.1, -0.05) is 32.9 Å². The number of hydrogen-bond donors (Lipinski definition) is 2. The minimum atomic E-state index is -0.236. The Hall–Kier alpha value is -2.99. The van der Waals surface area contributed by atoms with E-state index < -0.39 is 0 Å². The van der Waals surface area contributed by atoms with E-state index in [1.165, 1.54) is 16.9 Å². The summed E-state index contributed by atoms with van der Waals surface area (Å²) in [6.45, 7) is 6.40. The summed E-state index contributed by atoms with van der Waals surface area (Å²) >= 11 is 1.36. The molecule has 0 aliphatic rings. The first-order valence-electron chi connectivity index (χ1n) is 8.56. The molecule has 0 aliphatic carbocycles. The van der Waals surface area contributed by atoms with Crippen molar-refractivity contribution in [1.29, 1.82) is 0 Å². The van der Waals surface area contributed by atoms with Crippen molar-refractivity contribution in [1.82, 2.24) is 4.98 Å². The zero-order chi connectivity index (χ0) is 19.4. The Morgan fingerprint density at radius 3 is 1.93 bits per heavy atom. The number of carbonyl (C=O) groups excluding carboxylic acids is 2. The molecule has 0 fully saturated rings. The summed E-state index contributed by atoms with van der Waals surface area (Å²) in [4.78, 5) is 28.6. The molecule has 2 amide bonds. The molecule has 3 rings (SSSR count). The molecule has 0 spiro atoms. The molecule has 0 atom stereocenters. The van der Waals surface area contributed by atoms with E-state index in [0.29, 0.717) is 21.9 Å². The minimum absolute atomic E-state index is 0.0457. The highest BCUT2D eigenvalue weighted by atomic mass is 32.1. The van der Waals surface area contributed by atoms with Crippen molar-refractivity contribution in [3.63, 3.8) is 0 Å². The fourth-order valence-corrected chi connectivity index (χ4v) is 3.01. The molecular weight excluding hydrogens is 358 g/mol. The maximum Gasteiger partial charge on any atom is 0.257 e. The number of rotatable bonds is 4. The van der Waals surface area contributed by atoms with E-state index in [4.69, 9.17) is 0 Å². The fraction of sp³-hybridized carbons (Fsp3) is 0.190. The van der Waals surface area contributed by atoms with Gasteiger partial charge in [-0.3, -0.25) is 14.9 Å². The number of nitrogens with one attached hydrogen (secondary N) is 2. The van der Waals surface area contributed by atoms with Crippen LogP contribution in [0.3, 0.4) is 0 Å². The average molecular weight is 379 g/mol. The first-order chi connectivity index (χ1) is 12.8. The third-order valence-electron chi connectivity index (χ3n) is 4.07. The van der Waals surface area contributed by atoms with Crippen molar-refractivity contribution >= 4 is 34.0 Å². The van der Waals surface area contributed by atoms with Crippen LogP contribution in [0.2, 0.25) is 0 Å². The van der Waals surface area contributed by atoms with Crippen molar-refractivity contribution in [2.24, 2.45) is 0 Å². The van der Waals surface area contributed by atoms with Crippen LogP contribution in [0.4, 0.5) is 10.8 Å². The van der Waals surface area contributed by atoms with Gasteiger partial charge in [0.2, 0.25) is 0 Å². The van der Waals surface area contributed by atoms with Crippen LogP contribution in [-0.2, 0) is 5.41 Å². The third kappa shape index (κ3) is 4.80. The number of anilines is 2. The van der Waals surface area contributed by atoms with Crippen molar-refractivity contribution in [2.45, 2.75) is 26.2 Å². The number of thiazole rings is 1. The highest BCUT2D eigenvalue weighted by molar-refractivity contribution is 7.13. The fourth-order valence-electron chi connectivity index (χ4n) is 2.48. The summed E-state index contributed by atoms with van der Waals surface area (Å²) in [5, 5.41) is 7.92. The monoisotopic (exact) mass is 379 g/mol. The van der Waals surface area contributed by atoms with Crippen molar-refractivity contribution in [3.05, 3.63) is 76.8 Å². The standard InChI is InChI=1S/C21H21N3O2S/c1-21(2,3)16-8-4-14(5-9-16)18(25)23-17-10-6-15(7-11-17)19(26)24-20-22-12-13-27-20/h4-13H,1-3H3,(H,23,25)(H,22,24,26). The van der Waals surface area contributed by atoms with E-state index in [1.807, 2.05) is 24.3 Å². The van der Waals surface area contributed by atoms with Crippen molar-refractivity contribution < 1.29 is 9.59 Å². The molecule has 1 heterocycles. The van der Waals surface area contributed by atoms with Gasteiger partial charge in [0.1, 0.15) is 0 Å². The lowest BCUT2D eigenvalue weighted by Crippen LogP contribution is -2.15. The molecule has 0 saturated heterocycles. The lowest BCUT2D eigenvalue weighted by molar-refractivity contribution is 0.102. The Kier molecular flexibility index (Phi) is 5.37. The van der Waals surface area contributed by atoms with Crippen LogP contribution >= 0.6 is 11.3 Å². The summed E-state index contributed by atoms with van der Waals surface area (Å²) < 4.78 is 0. The molecule has 27 heavy (non-hydrogen) atoms. The van der Waals surface area contributed by atoms with E-state index in [9.17, 15) is 9.59 Å². The molecule has 0 unspecified atom stereocenters. The average Bonchev–Trinajstić information content (AvgIpc) is 3.14. The number of benzene rings is 2. The minimum Gasteiger partial charge on any atom is -0.322 e. The molecule has 1 aromatic heterocycles. The van der Waals surface area contributed by atoms with E-state index in [0.717, 1.165) is 0 Å². The molecular formula is C21H21N3O2S. The predicted octanol–water partition coefficient (Wildman–Crippen LogP) is 4.95. The van der Waals surface area contributed by atoms with Gasteiger partial charge in [-0.15, -0.1) is 11.3 Å². The van der Waals surface area contributed by atoms with E-state index in [-0.39, 0.29) is 17.2 Å². The summed E-state index contributed by atoms with van der Waals surface area (Å²) in [5.74, 6) is -0.420. The second kappa shape index (κ2) is 7.72. The van der Waals surface area contributed by atoms with Gasteiger partial charge in [0.15, 0.2) is 5.13 Å². The topological polar surface area (TPSA) is 71.1 Å². The molecule has 6 heteroatoms. The van der Waals surface area contributed by atoms with Gasteiger partial charge in [0.25, 0.3) is 11.8 Å². The predicted molar refractivity (Wildman–Crippen MR) is 110 cm³/mol. The summed E-state index contributed by atoms with van der Waals surface area (Å²) in [6.07, 6.45) is 1.63. The molecule has 2 N–H and O–H groups in total. The van der Waals surface area contributed by atoms with Crippen molar-refractivity contribution in [3.8, 4) is 0 Å². The molecule has 0 bridgehead atoms.